The minimum atomic E-state index is 0.0413. The van der Waals surface area contributed by atoms with Crippen molar-refractivity contribution in [2.75, 3.05) is 24.3 Å². The maximum Gasteiger partial charge on any atom is 0.232 e. The van der Waals surface area contributed by atoms with Gasteiger partial charge in [0.2, 0.25) is 16.5 Å². The zero-order valence-electron chi connectivity index (χ0n) is 12.8. The molecule has 0 saturated carbocycles. The van der Waals surface area contributed by atoms with E-state index in [0.29, 0.717) is 5.95 Å². The zero-order valence-corrected chi connectivity index (χ0v) is 14.3. The average Bonchev–Trinajstić information content (AvgIpc) is 2.45. The molecule has 118 valence electrons. The van der Waals surface area contributed by atoms with Crippen LogP contribution in [0.5, 0.6) is 0 Å². The molecular weight excluding hydrogens is 335 g/mol. The number of rotatable bonds is 3. The summed E-state index contributed by atoms with van der Waals surface area (Å²) in [5.41, 5.74) is 3.79. The van der Waals surface area contributed by atoms with Crippen molar-refractivity contribution in [1.29, 1.82) is 0 Å². The van der Waals surface area contributed by atoms with Crippen molar-refractivity contribution < 1.29 is 0 Å². The van der Waals surface area contributed by atoms with E-state index < -0.39 is 0 Å². The lowest BCUT2D eigenvalue weighted by Gasteiger charge is -2.17. The van der Waals surface area contributed by atoms with Gasteiger partial charge in [0.25, 0.3) is 0 Å². The van der Waals surface area contributed by atoms with E-state index in [0.717, 1.165) is 28.0 Å². The van der Waals surface area contributed by atoms with E-state index in [4.69, 9.17) is 23.2 Å². The van der Waals surface area contributed by atoms with Gasteiger partial charge in [0.05, 0.1) is 5.52 Å². The summed E-state index contributed by atoms with van der Waals surface area (Å²) in [6.45, 7) is 1.98. The summed E-state index contributed by atoms with van der Waals surface area (Å²) < 4.78 is 0. The average molecular weight is 349 g/mol. The molecule has 0 unspecified atom stereocenters. The lowest BCUT2D eigenvalue weighted by molar-refractivity contribution is 1.05. The Hall–Kier alpha value is -2.18. The number of aryl methyl sites for hydroxylation is 1. The summed E-state index contributed by atoms with van der Waals surface area (Å²) in [4.78, 5) is 18.3. The van der Waals surface area contributed by atoms with Gasteiger partial charge in [-0.2, -0.15) is 15.0 Å². The van der Waals surface area contributed by atoms with Crippen LogP contribution in [0.3, 0.4) is 0 Å². The first-order valence-electron chi connectivity index (χ1n) is 6.85. The largest absolute Gasteiger partial charge is 0.377 e. The van der Waals surface area contributed by atoms with Crippen LogP contribution in [-0.2, 0) is 0 Å². The Kier molecular flexibility index (Phi) is 4.19. The Bertz CT molecular complexity index is 861. The van der Waals surface area contributed by atoms with Crippen LogP contribution in [0.1, 0.15) is 5.69 Å². The normalized spacial score (nSPS) is 10.8. The van der Waals surface area contributed by atoms with Crippen molar-refractivity contribution in [3.05, 3.63) is 40.5 Å². The Balaban J connectivity index is 2.05. The number of pyridine rings is 1. The van der Waals surface area contributed by atoms with Crippen molar-refractivity contribution in [1.82, 2.24) is 19.9 Å². The first-order chi connectivity index (χ1) is 10.9. The molecule has 3 rings (SSSR count). The fourth-order valence-corrected chi connectivity index (χ4v) is 2.66. The third-order valence-electron chi connectivity index (χ3n) is 3.23. The van der Waals surface area contributed by atoms with Gasteiger partial charge in [0, 0.05) is 36.6 Å². The lowest BCUT2D eigenvalue weighted by Crippen LogP contribution is -2.10. The zero-order chi connectivity index (χ0) is 16.6. The maximum absolute atomic E-state index is 5.79. The smallest absolute Gasteiger partial charge is 0.232 e. The molecule has 0 atom stereocenters. The van der Waals surface area contributed by atoms with Gasteiger partial charge in [0.1, 0.15) is 0 Å². The molecule has 1 N–H and O–H groups in total. The molecule has 8 heteroatoms. The first kappa shape index (κ1) is 15.7. The van der Waals surface area contributed by atoms with Gasteiger partial charge in [-0.15, -0.1) is 0 Å². The quantitative estimate of drug-likeness (QED) is 0.775. The minimum absolute atomic E-state index is 0.0413. The number of hydrogen-bond donors (Lipinski definition) is 1. The fourth-order valence-electron chi connectivity index (χ4n) is 2.30. The summed E-state index contributed by atoms with van der Waals surface area (Å²) >= 11 is 11.6. The molecule has 1 aromatic carbocycles. The number of anilines is 3. The molecule has 0 fully saturated rings. The van der Waals surface area contributed by atoms with Crippen LogP contribution in [0.2, 0.25) is 10.6 Å². The van der Waals surface area contributed by atoms with Gasteiger partial charge in [-0.05, 0) is 54.4 Å². The lowest BCUT2D eigenvalue weighted by atomic mass is 10.1. The fraction of sp³-hybridized carbons (Fsp3) is 0.200. The van der Waals surface area contributed by atoms with Crippen LogP contribution in [0.15, 0.2) is 24.3 Å². The van der Waals surface area contributed by atoms with E-state index in [1.165, 1.54) is 0 Å². The van der Waals surface area contributed by atoms with Crippen LogP contribution in [-0.4, -0.2) is 34.0 Å². The first-order valence-corrected chi connectivity index (χ1v) is 7.61. The second kappa shape index (κ2) is 6.14. The monoisotopic (exact) mass is 348 g/mol. The van der Waals surface area contributed by atoms with Crippen LogP contribution in [0, 0.1) is 6.92 Å². The minimum Gasteiger partial charge on any atom is -0.377 e. The highest BCUT2D eigenvalue weighted by Crippen LogP contribution is 2.29. The Morgan fingerprint density at radius 2 is 1.65 bits per heavy atom. The Morgan fingerprint density at radius 1 is 0.957 bits per heavy atom. The summed E-state index contributed by atoms with van der Waals surface area (Å²) in [6.07, 6.45) is 0. The maximum atomic E-state index is 5.79. The third kappa shape index (κ3) is 3.43. The molecule has 0 spiro atoms. The van der Waals surface area contributed by atoms with Gasteiger partial charge in [-0.25, -0.2) is 0 Å². The topological polar surface area (TPSA) is 66.8 Å². The highest BCUT2D eigenvalue weighted by Gasteiger charge is 2.09. The summed E-state index contributed by atoms with van der Waals surface area (Å²) in [5.74, 6) is 0.292. The van der Waals surface area contributed by atoms with Crippen molar-refractivity contribution >= 4 is 51.4 Å². The molecule has 0 radical (unpaired) electrons. The Labute approximate surface area is 143 Å². The van der Waals surface area contributed by atoms with Crippen LogP contribution < -0.4 is 10.2 Å². The van der Waals surface area contributed by atoms with E-state index in [-0.39, 0.29) is 10.6 Å². The van der Waals surface area contributed by atoms with Gasteiger partial charge in [0.15, 0.2) is 0 Å². The van der Waals surface area contributed by atoms with Crippen molar-refractivity contribution in [2.45, 2.75) is 6.92 Å². The van der Waals surface area contributed by atoms with Crippen LogP contribution in [0.25, 0.3) is 10.9 Å². The molecular formula is C15H14Cl2N6. The molecule has 2 heterocycles. The predicted octanol–water partition coefficient (Wildman–Crippen LogP) is 3.84. The molecule has 3 aromatic rings. The van der Waals surface area contributed by atoms with Gasteiger partial charge in [-0.1, -0.05) is 0 Å². The third-order valence-corrected chi connectivity index (χ3v) is 3.57. The molecule has 2 aromatic heterocycles. The summed E-state index contributed by atoms with van der Waals surface area (Å²) in [5, 5.41) is 4.19. The molecule has 0 amide bonds. The highest BCUT2D eigenvalue weighted by atomic mass is 35.5. The van der Waals surface area contributed by atoms with Crippen LogP contribution in [0.4, 0.5) is 17.3 Å². The van der Waals surface area contributed by atoms with E-state index >= 15 is 0 Å². The van der Waals surface area contributed by atoms with E-state index in [1.807, 2.05) is 45.3 Å². The number of nitrogens with zero attached hydrogens (tertiary/aromatic N) is 5. The highest BCUT2D eigenvalue weighted by molar-refractivity contribution is 6.31. The molecule has 0 bridgehead atoms. The van der Waals surface area contributed by atoms with Gasteiger partial charge >= 0.3 is 0 Å². The number of nitrogens with one attached hydrogen (secondary N) is 1. The number of fused-ring (bicyclic) bond motifs is 1. The molecule has 6 nitrogen and oxygen atoms in total. The SMILES string of the molecule is Cc1cc(N(C)C)c2cc(Nc3nc(Cl)nc(Cl)n3)ccc2n1. The predicted molar refractivity (Wildman–Crippen MR) is 93.9 cm³/mol. The summed E-state index contributed by atoms with van der Waals surface area (Å²) in [6, 6.07) is 7.88. The second-order valence-electron chi connectivity index (χ2n) is 5.23. The Morgan fingerprint density at radius 3 is 2.30 bits per heavy atom. The number of benzene rings is 1. The van der Waals surface area contributed by atoms with Gasteiger partial charge < -0.3 is 10.2 Å². The number of aromatic nitrogens is 4. The van der Waals surface area contributed by atoms with Crippen LogP contribution >= 0.6 is 23.2 Å². The number of hydrogen-bond acceptors (Lipinski definition) is 6. The van der Waals surface area contributed by atoms with E-state index in [9.17, 15) is 0 Å². The molecule has 0 aliphatic carbocycles. The van der Waals surface area contributed by atoms with E-state index in [1.54, 1.807) is 0 Å². The standard InChI is InChI=1S/C15H14Cl2N6/c1-8-6-12(23(2)3)10-7-9(4-5-11(10)18-8)19-15-21-13(16)20-14(17)22-15/h4-7H,1-3H3,(H,19,20,21,22). The second-order valence-corrected chi connectivity index (χ2v) is 5.91. The summed E-state index contributed by atoms with van der Waals surface area (Å²) in [7, 11) is 4.00. The van der Waals surface area contributed by atoms with E-state index in [2.05, 4.69) is 30.2 Å². The number of halogens is 2. The van der Waals surface area contributed by atoms with Crippen molar-refractivity contribution in [2.24, 2.45) is 0 Å². The molecule has 0 aliphatic rings. The van der Waals surface area contributed by atoms with Gasteiger partial charge in [-0.3, -0.25) is 4.98 Å². The molecule has 0 saturated heterocycles. The molecule has 0 aliphatic heterocycles. The van der Waals surface area contributed by atoms with Crippen molar-refractivity contribution in [3.8, 4) is 0 Å². The molecule has 23 heavy (non-hydrogen) atoms. The van der Waals surface area contributed by atoms with Crippen molar-refractivity contribution in [3.63, 3.8) is 0 Å².